The highest BCUT2D eigenvalue weighted by atomic mass is 19.4. The largest absolute Gasteiger partial charge is 0.573 e. The van der Waals surface area contributed by atoms with Crippen LogP contribution in [0.3, 0.4) is 0 Å². The summed E-state index contributed by atoms with van der Waals surface area (Å²) in [6.45, 7) is 4.00. The highest BCUT2D eigenvalue weighted by Gasteiger charge is 2.33. The molecule has 3 saturated heterocycles. The standard InChI is InChI=1S/C38H44F3N7O4/c1-46-23-31(30-21-42-45-35(30)37(46)51)26-4-5-27(33(20-26)52-38(39,40)41)22-47-16-12-24(13-17-47)2-3-25-14-18-48(19-15-25)29-8-6-28(7-9-29)43-32-10-11-34(49)44-36(32)50/h4-9,20-21,23-25,32,43H,2-3,10-19,22H2,1H3,(H,42,45)(H,44,49,50). The number of aromatic amines is 1. The van der Waals surface area contributed by atoms with Crippen LogP contribution in [0.1, 0.15) is 56.9 Å². The molecule has 0 radical (unpaired) electrons. The van der Waals surface area contributed by atoms with E-state index in [4.69, 9.17) is 0 Å². The van der Waals surface area contributed by atoms with Gasteiger partial charge in [0.15, 0.2) is 0 Å². The van der Waals surface area contributed by atoms with Gasteiger partial charge in [-0.05, 0) is 92.9 Å². The molecular weight excluding hydrogens is 675 g/mol. The molecular formula is C38H44F3N7O4. The maximum Gasteiger partial charge on any atom is 0.573 e. The molecule has 1 unspecified atom stereocenters. The minimum absolute atomic E-state index is 0.222. The number of ether oxygens (including phenoxy) is 1. The van der Waals surface area contributed by atoms with E-state index in [1.54, 1.807) is 25.4 Å². The lowest BCUT2D eigenvalue weighted by molar-refractivity contribution is -0.275. The fourth-order valence-corrected chi connectivity index (χ4v) is 7.88. The Morgan fingerprint density at radius 3 is 2.29 bits per heavy atom. The topological polar surface area (TPSA) is 125 Å². The number of H-pyrrole nitrogens is 1. The number of pyridine rings is 1. The van der Waals surface area contributed by atoms with Crippen molar-refractivity contribution in [3.05, 3.63) is 70.8 Å². The summed E-state index contributed by atoms with van der Waals surface area (Å²) in [5.41, 5.74) is 3.62. The lowest BCUT2D eigenvalue weighted by Crippen LogP contribution is -2.47. The number of aromatic nitrogens is 3. The number of fused-ring (bicyclic) bond motifs is 1. The molecule has 14 heteroatoms. The molecule has 4 aromatic rings. The van der Waals surface area contributed by atoms with E-state index in [1.165, 1.54) is 35.4 Å². The molecule has 5 heterocycles. The second-order valence-electron chi connectivity index (χ2n) is 14.4. The number of carbonyl (C=O) groups is 2. The Bertz CT molecular complexity index is 1960. The summed E-state index contributed by atoms with van der Waals surface area (Å²) >= 11 is 0. The van der Waals surface area contributed by atoms with Crippen LogP contribution in [-0.4, -0.2) is 70.1 Å². The number of halogens is 3. The zero-order valence-electron chi connectivity index (χ0n) is 29.2. The molecule has 52 heavy (non-hydrogen) atoms. The van der Waals surface area contributed by atoms with Crippen molar-refractivity contribution in [2.24, 2.45) is 18.9 Å². The van der Waals surface area contributed by atoms with E-state index in [0.29, 0.717) is 58.8 Å². The molecule has 3 aliphatic heterocycles. The summed E-state index contributed by atoms with van der Waals surface area (Å²) in [6, 6.07) is 12.6. The second kappa shape index (κ2) is 15.0. The first-order valence-electron chi connectivity index (χ1n) is 18.1. The van der Waals surface area contributed by atoms with Crippen LogP contribution in [0.2, 0.25) is 0 Å². The fraction of sp³-hybridized carbons (Fsp3) is 0.474. The first kappa shape index (κ1) is 35.5. The van der Waals surface area contributed by atoms with E-state index in [2.05, 4.69) is 47.5 Å². The summed E-state index contributed by atoms with van der Waals surface area (Å²) in [6.07, 6.45) is 5.76. The monoisotopic (exact) mass is 719 g/mol. The molecule has 7 rings (SSSR count). The molecule has 0 spiro atoms. The van der Waals surface area contributed by atoms with Gasteiger partial charge in [0.2, 0.25) is 11.8 Å². The molecule has 11 nitrogen and oxygen atoms in total. The number of likely N-dealkylation sites (tertiary alicyclic amines) is 1. The quantitative estimate of drug-likeness (QED) is 0.172. The van der Waals surface area contributed by atoms with Gasteiger partial charge in [-0.25, -0.2) is 0 Å². The maximum atomic E-state index is 13.5. The van der Waals surface area contributed by atoms with Crippen molar-refractivity contribution in [1.29, 1.82) is 0 Å². The zero-order valence-corrected chi connectivity index (χ0v) is 29.2. The van der Waals surface area contributed by atoms with Gasteiger partial charge >= 0.3 is 6.36 Å². The van der Waals surface area contributed by atoms with Gasteiger partial charge in [0.25, 0.3) is 5.56 Å². The molecule has 3 fully saturated rings. The zero-order chi connectivity index (χ0) is 36.4. The number of rotatable bonds is 10. The maximum absolute atomic E-state index is 13.5. The van der Waals surface area contributed by atoms with Crippen LogP contribution >= 0.6 is 0 Å². The Morgan fingerprint density at radius 2 is 1.62 bits per heavy atom. The van der Waals surface area contributed by atoms with Crippen molar-refractivity contribution in [1.82, 2.24) is 25.0 Å². The average Bonchev–Trinajstić information content (AvgIpc) is 3.62. The van der Waals surface area contributed by atoms with E-state index in [0.717, 1.165) is 57.5 Å². The highest BCUT2D eigenvalue weighted by Crippen LogP contribution is 2.36. The third kappa shape index (κ3) is 8.27. The Labute approximate surface area is 299 Å². The minimum atomic E-state index is -4.84. The van der Waals surface area contributed by atoms with Crippen molar-refractivity contribution in [3.8, 4) is 16.9 Å². The molecule has 276 valence electrons. The number of nitrogens with zero attached hydrogens (tertiary/aromatic N) is 4. The molecule has 1 atom stereocenters. The van der Waals surface area contributed by atoms with Crippen LogP contribution in [0.15, 0.2) is 59.7 Å². The number of alkyl halides is 3. The predicted molar refractivity (Wildman–Crippen MR) is 192 cm³/mol. The molecule has 0 saturated carbocycles. The third-order valence-electron chi connectivity index (χ3n) is 10.9. The van der Waals surface area contributed by atoms with Gasteiger partial charge in [0, 0.05) is 67.2 Å². The van der Waals surface area contributed by atoms with E-state index < -0.39 is 12.4 Å². The molecule has 0 aliphatic carbocycles. The van der Waals surface area contributed by atoms with Crippen molar-refractivity contribution in [2.45, 2.75) is 70.3 Å². The van der Waals surface area contributed by atoms with Gasteiger partial charge < -0.3 is 19.5 Å². The van der Waals surface area contributed by atoms with Crippen LogP contribution in [0.4, 0.5) is 24.5 Å². The number of imide groups is 1. The molecule has 0 bridgehead atoms. The number of aryl methyl sites for hydroxylation is 1. The fourth-order valence-electron chi connectivity index (χ4n) is 7.88. The van der Waals surface area contributed by atoms with Crippen molar-refractivity contribution < 1.29 is 27.5 Å². The Morgan fingerprint density at radius 1 is 0.923 bits per heavy atom. The number of piperidine rings is 3. The van der Waals surface area contributed by atoms with Crippen LogP contribution in [-0.2, 0) is 23.2 Å². The summed E-state index contributed by atoms with van der Waals surface area (Å²) in [4.78, 5) is 40.6. The molecule has 2 amide bonds. The van der Waals surface area contributed by atoms with Gasteiger partial charge in [0.1, 0.15) is 17.3 Å². The van der Waals surface area contributed by atoms with Gasteiger partial charge in [0.05, 0.1) is 6.20 Å². The highest BCUT2D eigenvalue weighted by molar-refractivity contribution is 6.01. The molecule has 3 aliphatic rings. The summed E-state index contributed by atoms with van der Waals surface area (Å²) in [5.74, 6) is 0.553. The van der Waals surface area contributed by atoms with Gasteiger partial charge in [-0.2, -0.15) is 5.10 Å². The van der Waals surface area contributed by atoms with Gasteiger partial charge in [-0.15, -0.1) is 13.2 Å². The summed E-state index contributed by atoms with van der Waals surface area (Å²) < 4.78 is 46.5. The third-order valence-corrected chi connectivity index (χ3v) is 10.9. The smallest absolute Gasteiger partial charge is 0.405 e. The number of nitrogens with one attached hydrogen (secondary N) is 3. The summed E-state index contributed by atoms with van der Waals surface area (Å²) in [7, 11) is 1.59. The van der Waals surface area contributed by atoms with Crippen LogP contribution in [0, 0.1) is 11.8 Å². The summed E-state index contributed by atoms with van der Waals surface area (Å²) in [5, 5.41) is 12.8. The van der Waals surface area contributed by atoms with E-state index in [1.807, 2.05) is 12.1 Å². The number of hydrogen-bond donors (Lipinski definition) is 3. The van der Waals surface area contributed by atoms with Crippen molar-refractivity contribution >= 4 is 34.1 Å². The Balaban J connectivity index is 0.881. The normalized spacial score (nSPS) is 19.6. The average molecular weight is 720 g/mol. The van der Waals surface area contributed by atoms with Gasteiger partial charge in [-0.1, -0.05) is 25.0 Å². The van der Waals surface area contributed by atoms with Crippen molar-refractivity contribution in [2.75, 3.05) is 36.4 Å². The van der Waals surface area contributed by atoms with Crippen LogP contribution in [0.25, 0.3) is 22.0 Å². The molecule has 2 aromatic carbocycles. The van der Waals surface area contributed by atoms with Crippen molar-refractivity contribution in [3.63, 3.8) is 0 Å². The van der Waals surface area contributed by atoms with E-state index in [9.17, 15) is 27.6 Å². The van der Waals surface area contributed by atoms with Crippen LogP contribution in [0.5, 0.6) is 5.75 Å². The lowest BCUT2D eigenvalue weighted by atomic mass is 9.85. The predicted octanol–water partition coefficient (Wildman–Crippen LogP) is 5.95. The number of hydrogen-bond acceptors (Lipinski definition) is 8. The number of anilines is 2. The van der Waals surface area contributed by atoms with Gasteiger partial charge in [-0.3, -0.25) is 29.7 Å². The van der Waals surface area contributed by atoms with E-state index >= 15 is 0 Å². The Hall–Kier alpha value is -4.85. The van der Waals surface area contributed by atoms with E-state index in [-0.39, 0.29) is 23.1 Å². The number of carbonyl (C=O) groups excluding carboxylic acids is 2. The van der Waals surface area contributed by atoms with Crippen LogP contribution < -0.4 is 25.8 Å². The lowest BCUT2D eigenvalue weighted by Gasteiger charge is -2.36. The second-order valence-corrected chi connectivity index (χ2v) is 14.4. The number of benzene rings is 2. The molecule has 2 aromatic heterocycles. The minimum Gasteiger partial charge on any atom is -0.405 e. The number of amides is 2. The molecule has 3 N–H and O–H groups in total. The first-order valence-corrected chi connectivity index (χ1v) is 18.1. The SMILES string of the molecule is Cn1cc(-c2ccc(CN3CCC(CCC4CCN(c5ccc(NC6CCC(=O)NC6=O)cc5)CC4)CC3)c(OC(F)(F)F)c2)c2cn[nH]c2c1=O. The first-order chi connectivity index (χ1) is 25.0. The Kier molecular flexibility index (Phi) is 10.3.